The first-order valence-electron chi connectivity index (χ1n) is 5.45. The summed E-state index contributed by atoms with van der Waals surface area (Å²) < 4.78 is 18.9. The highest BCUT2D eigenvalue weighted by molar-refractivity contribution is 6.31. The fraction of sp³-hybridized carbons (Fsp3) is 0.462. The Labute approximate surface area is 111 Å². The molecule has 3 nitrogen and oxygen atoms in total. The van der Waals surface area contributed by atoms with E-state index < -0.39 is 17.2 Å². The number of hydrogen-bond acceptors (Lipinski definition) is 2. The summed E-state index contributed by atoms with van der Waals surface area (Å²) >= 11 is 5.81. The van der Waals surface area contributed by atoms with E-state index in [1.165, 1.54) is 13.2 Å². The lowest BCUT2D eigenvalue weighted by atomic mass is 9.80. The van der Waals surface area contributed by atoms with Gasteiger partial charge in [-0.1, -0.05) is 25.4 Å². The fourth-order valence-electron chi connectivity index (χ4n) is 1.98. The third-order valence-corrected chi connectivity index (χ3v) is 3.20. The number of carboxylic acid groups (broad SMARTS) is 1. The molecule has 0 saturated heterocycles. The van der Waals surface area contributed by atoms with Crippen molar-refractivity contribution in [2.75, 3.05) is 7.11 Å². The number of hydrogen-bond donors (Lipinski definition) is 1. The maximum absolute atomic E-state index is 13.7. The molecule has 0 fully saturated rings. The molecular formula is C13H16ClFO3. The molecule has 0 aromatic heterocycles. The fourth-order valence-corrected chi connectivity index (χ4v) is 2.23. The summed E-state index contributed by atoms with van der Waals surface area (Å²) in [5.74, 6) is -1.12. The highest BCUT2D eigenvalue weighted by Gasteiger charge is 2.30. The monoisotopic (exact) mass is 274 g/mol. The molecule has 100 valence electrons. The standard InChI is InChI=1S/C13H16ClFO3/c1-7-11(15)9(14)5-8(12(7)18-4)13(2,3)6-10(16)17/h5H,6H2,1-4H3,(H,16,17). The maximum atomic E-state index is 13.7. The lowest BCUT2D eigenvalue weighted by Crippen LogP contribution is -2.23. The van der Waals surface area contributed by atoms with Crippen molar-refractivity contribution in [1.82, 2.24) is 0 Å². The van der Waals surface area contributed by atoms with Crippen LogP contribution in [0, 0.1) is 12.7 Å². The largest absolute Gasteiger partial charge is 0.496 e. The topological polar surface area (TPSA) is 46.5 Å². The second-order valence-corrected chi connectivity index (χ2v) is 5.24. The molecule has 0 spiro atoms. The summed E-state index contributed by atoms with van der Waals surface area (Å²) in [5.41, 5.74) is 0.189. The second kappa shape index (κ2) is 5.14. The minimum absolute atomic E-state index is 0.0261. The Balaban J connectivity index is 3.44. The normalized spacial score (nSPS) is 11.4. The number of methoxy groups -OCH3 is 1. The van der Waals surface area contributed by atoms with E-state index in [0.717, 1.165) is 0 Å². The van der Waals surface area contributed by atoms with Gasteiger partial charge in [0.15, 0.2) is 0 Å². The predicted octanol–water partition coefficient (Wildman–Crippen LogP) is 3.55. The molecule has 0 saturated carbocycles. The van der Waals surface area contributed by atoms with Gasteiger partial charge in [0.25, 0.3) is 0 Å². The minimum atomic E-state index is -0.930. The Kier molecular flexibility index (Phi) is 4.22. The maximum Gasteiger partial charge on any atom is 0.304 e. The Bertz CT molecular complexity index is 484. The molecule has 0 bridgehead atoms. The van der Waals surface area contributed by atoms with Crippen molar-refractivity contribution >= 4 is 17.6 Å². The Hall–Kier alpha value is -1.29. The second-order valence-electron chi connectivity index (χ2n) is 4.83. The van der Waals surface area contributed by atoms with Crippen LogP contribution in [0.3, 0.4) is 0 Å². The van der Waals surface area contributed by atoms with Gasteiger partial charge in [-0.2, -0.15) is 0 Å². The number of carboxylic acids is 1. The third-order valence-electron chi connectivity index (χ3n) is 2.92. The first-order chi connectivity index (χ1) is 8.20. The van der Waals surface area contributed by atoms with Gasteiger partial charge in [-0.3, -0.25) is 4.79 Å². The number of rotatable bonds is 4. The molecule has 0 heterocycles. The van der Waals surface area contributed by atoms with Crippen molar-refractivity contribution in [3.05, 3.63) is 28.0 Å². The van der Waals surface area contributed by atoms with Gasteiger partial charge in [-0.05, 0) is 13.0 Å². The molecule has 1 N–H and O–H groups in total. The Morgan fingerprint density at radius 3 is 2.56 bits per heavy atom. The van der Waals surface area contributed by atoms with Gasteiger partial charge < -0.3 is 9.84 Å². The van der Waals surface area contributed by atoms with Crippen molar-refractivity contribution in [3.8, 4) is 5.75 Å². The molecule has 1 aromatic carbocycles. The summed E-state index contributed by atoms with van der Waals surface area (Å²) in [6.07, 6.45) is -0.0925. The van der Waals surface area contributed by atoms with Crippen molar-refractivity contribution in [2.24, 2.45) is 0 Å². The van der Waals surface area contributed by atoms with E-state index in [1.807, 2.05) is 0 Å². The van der Waals surface area contributed by atoms with E-state index in [2.05, 4.69) is 0 Å². The van der Waals surface area contributed by atoms with Crippen molar-refractivity contribution < 1.29 is 19.0 Å². The molecule has 0 aliphatic heterocycles. The number of benzene rings is 1. The van der Waals surface area contributed by atoms with Crippen LogP contribution in [0.5, 0.6) is 5.75 Å². The molecule has 1 aromatic rings. The van der Waals surface area contributed by atoms with Crippen LogP contribution < -0.4 is 4.74 Å². The van der Waals surface area contributed by atoms with Gasteiger partial charge in [0.05, 0.1) is 18.6 Å². The summed E-state index contributed by atoms with van der Waals surface area (Å²) in [6.45, 7) is 5.07. The Morgan fingerprint density at radius 2 is 2.11 bits per heavy atom. The lowest BCUT2D eigenvalue weighted by molar-refractivity contribution is -0.138. The first kappa shape index (κ1) is 14.8. The van der Waals surface area contributed by atoms with Crippen LogP contribution in [0.4, 0.5) is 4.39 Å². The lowest BCUT2D eigenvalue weighted by Gasteiger charge is -2.26. The minimum Gasteiger partial charge on any atom is -0.496 e. The van der Waals surface area contributed by atoms with Crippen LogP contribution in [0.2, 0.25) is 5.02 Å². The number of carbonyl (C=O) groups is 1. The molecule has 0 atom stereocenters. The average molecular weight is 275 g/mol. The van der Waals surface area contributed by atoms with Gasteiger partial charge in [0, 0.05) is 16.5 Å². The molecule has 0 aliphatic carbocycles. The number of aliphatic carboxylic acids is 1. The van der Waals surface area contributed by atoms with E-state index in [-0.39, 0.29) is 11.4 Å². The van der Waals surface area contributed by atoms with Crippen LogP contribution in [0.1, 0.15) is 31.4 Å². The van der Waals surface area contributed by atoms with Gasteiger partial charge in [0.1, 0.15) is 11.6 Å². The Morgan fingerprint density at radius 1 is 1.56 bits per heavy atom. The van der Waals surface area contributed by atoms with Crippen LogP contribution in [0.25, 0.3) is 0 Å². The van der Waals surface area contributed by atoms with Crippen LogP contribution in [-0.2, 0) is 10.2 Å². The van der Waals surface area contributed by atoms with Crippen molar-refractivity contribution in [3.63, 3.8) is 0 Å². The zero-order valence-electron chi connectivity index (χ0n) is 10.8. The van der Waals surface area contributed by atoms with Crippen LogP contribution >= 0.6 is 11.6 Å². The summed E-state index contributed by atoms with van der Waals surface area (Å²) in [6, 6.07) is 1.44. The molecule has 0 radical (unpaired) electrons. The van der Waals surface area contributed by atoms with E-state index in [0.29, 0.717) is 16.9 Å². The van der Waals surface area contributed by atoms with Crippen LogP contribution in [-0.4, -0.2) is 18.2 Å². The van der Waals surface area contributed by atoms with E-state index in [9.17, 15) is 9.18 Å². The smallest absolute Gasteiger partial charge is 0.304 e. The van der Waals surface area contributed by atoms with Crippen molar-refractivity contribution in [2.45, 2.75) is 32.6 Å². The zero-order valence-corrected chi connectivity index (χ0v) is 11.6. The average Bonchev–Trinajstić information content (AvgIpc) is 2.23. The summed E-state index contributed by atoms with van der Waals surface area (Å²) in [4.78, 5) is 10.9. The van der Waals surface area contributed by atoms with E-state index >= 15 is 0 Å². The molecule has 18 heavy (non-hydrogen) atoms. The molecular weight excluding hydrogens is 259 g/mol. The molecule has 1 rings (SSSR count). The number of ether oxygens (including phenoxy) is 1. The quantitative estimate of drug-likeness (QED) is 0.913. The van der Waals surface area contributed by atoms with Gasteiger partial charge in [0.2, 0.25) is 0 Å². The highest BCUT2D eigenvalue weighted by atomic mass is 35.5. The predicted molar refractivity (Wildman–Crippen MR) is 68.0 cm³/mol. The molecule has 5 heteroatoms. The summed E-state index contributed by atoms with van der Waals surface area (Å²) in [5, 5.41) is 8.89. The summed E-state index contributed by atoms with van der Waals surface area (Å²) in [7, 11) is 1.43. The van der Waals surface area contributed by atoms with E-state index in [4.69, 9.17) is 21.4 Å². The molecule has 0 aliphatic rings. The number of halogens is 2. The zero-order chi connectivity index (χ0) is 14.1. The van der Waals surface area contributed by atoms with Gasteiger partial charge in [-0.25, -0.2) is 4.39 Å². The third kappa shape index (κ3) is 2.75. The van der Waals surface area contributed by atoms with Gasteiger partial charge in [-0.15, -0.1) is 0 Å². The van der Waals surface area contributed by atoms with Crippen LogP contribution in [0.15, 0.2) is 6.07 Å². The SMILES string of the molecule is COc1c(C(C)(C)CC(=O)O)cc(Cl)c(F)c1C. The van der Waals surface area contributed by atoms with Crippen molar-refractivity contribution in [1.29, 1.82) is 0 Å². The highest BCUT2D eigenvalue weighted by Crippen LogP contribution is 2.39. The molecule has 0 unspecified atom stereocenters. The van der Waals surface area contributed by atoms with E-state index in [1.54, 1.807) is 20.8 Å². The molecule has 0 amide bonds. The first-order valence-corrected chi connectivity index (χ1v) is 5.83. The van der Waals surface area contributed by atoms with Gasteiger partial charge >= 0.3 is 5.97 Å².